The first-order valence-corrected chi connectivity index (χ1v) is 6.23. The largest absolute Gasteiger partial charge is 0.467 e. The molecule has 1 aromatic carbocycles. The Hall–Kier alpha value is -1.39. The second-order valence-electron chi connectivity index (χ2n) is 3.87. The molecule has 0 saturated heterocycles. The molecular formula is C13H12ClNO2S. The first-order valence-electron chi connectivity index (χ1n) is 5.40. The van der Waals surface area contributed by atoms with Crippen molar-refractivity contribution in [1.29, 1.82) is 0 Å². The highest BCUT2D eigenvalue weighted by Gasteiger charge is 2.15. The summed E-state index contributed by atoms with van der Waals surface area (Å²) in [5.74, 6) is 0.446. The Morgan fingerprint density at radius 2 is 2.22 bits per heavy atom. The summed E-state index contributed by atoms with van der Waals surface area (Å²) < 4.78 is 5.22. The Balaban J connectivity index is 2.15. The summed E-state index contributed by atoms with van der Waals surface area (Å²) in [5, 5.41) is 3.22. The van der Waals surface area contributed by atoms with Crippen molar-refractivity contribution in [1.82, 2.24) is 5.32 Å². The monoisotopic (exact) mass is 281 g/mol. The number of carbonyl (C=O) groups excluding carboxylic acids is 1. The number of rotatable bonds is 3. The molecule has 3 nitrogen and oxygen atoms in total. The van der Waals surface area contributed by atoms with Gasteiger partial charge < -0.3 is 9.73 Å². The maximum absolute atomic E-state index is 12.1. The van der Waals surface area contributed by atoms with Gasteiger partial charge in [-0.3, -0.25) is 4.79 Å². The average Bonchev–Trinajstić information content (AvgIpc) is 2.85. The molecule has 0 fully saturated rings. The summed E-state index contributed by atoms with van der Waals surface area (Å²) in [5.41, 5.74) is 0.405. The van der Waals surface area contributed by atoms with Crippen LogP contribution in [0.4, 0.5) is 0 Å². The second kappa shape index (κ2) is 5.50. The van der Waals surface area contributed by atoms with Crippen LogP contribution in [0, 0.1) is 0 Å². The topological polar surface area (TPSA) is 42.2 Å². The molecule has 0 saturated carbocycles. The molecule has 1 unspecified atom stereocenters. The van der Waals surface area contributed by atoms with Crippen molar-refractivity contribution in [2.45, 2.75) is 17.9 Å². The van der Waals surface area contributed by atoms with E-state index in [-0.39, 0.29) is 11.9 Å². The van der Waals surface area contributed by atoms with Crippen molar-refractivity contribution in [2.75, 3.05) is 0 Å². The molecule has 0 aliphatic heterocycles. The summed E-state index contributed by atoms with van der Waals surface area (Å²) in [6.45, 7) is 1.84. The molecule has 5 heteroatoms. The van der Waals surface area contributed by atoms with Crippen LogP contribution in [-0.2, 0) is 0 Å². The van der Waals surface area contributed by atoms with Gasteiger partial charge in [-0.25, -0.2) is 0 Å². The van der Waals surface area contributed by atoms with Gasteiger partial charge in [0, 0.05) is 4.90 Å². The fourth-order valence-electron chi connectivity index (χ4n) is 1.57. The maximum Gasteiger partial charge on any atom is 0.253 e. The van der Waals surface area contributed by atoms with Crippen LogP contribution in [0.25, 0.3) is 0 Å². The minimum atomic E-state index is -0.250. The van der Waals surface area contributed by atoms with Crippen molar-refractivity contribution in [3.8, 4) is 0 Å². The summed E-state index contributed by atoms with van der Waals surface area (Å²) in [6.07, 6.45) is 1.57. The SMILES string of the molecule is CC(NC(=O)c1cc(S)ccc1Cl)c1ccco1. The van der Waals surface area contributed by atoms with Gasteiger partial charge in [-0.2, -0.15) is 0 Å². The molecule has 1 atom stereocenters. The van der Waals surface area contributed by atoms with Crippen molar-refractivity contribution in [2.24, 2.45) is 0 Å². The Bertz CT molecular complexity index is 554. The Kier molecular flexibility index (Phi) is 3.99. The molecule has 1 aromatic heterocycles. The molecule has 2 rings (SSSR count). The normalized spacial score (nSPS) is 12.2. The van der Waals surface area contributed by atoms with Crippen LogP contribution in [0.3, 0.4) is 0 Å². The van der Waals surface area contributed by atoms with E-state index in [1.807, 2.05) is 13.0 Å². The molecule has 1 amide bonds. The van der Waals surface area contributed by atoms with Gasteiger partial charge in [0.15, 0.2) is 0 Å². The van der Waals surface area contributed by atoms with Gasteiger partial charge in [-0.1, -0.05) is 11.6 Å². The molecular weight excluding hydrogens is 270 g/mol. The maximum atomic E-state index is 12.1. The lowest BCUT2D eigenvalue weighted by Crippen LogP contribution is -2.26. The van der Waals surface area contributed by atoms with E-state index in [1.165, 1.54) is 0 Å². The number of hydrogen-bond acceptors (Lipinski definition) is 3. The predicted octanol–water partition coefficient (Wildman–Crippen LogP) is 3.71. The van der Waals surface area contributed by atoms with Crippen molar-refractivity contribution >= 4 is 30.1 Å². The van der Waals surface area contributed by atoms with E-state index in [1.54, 1.807) is 30.5 Å². The highest BCUT2D eigenvalue weighted by Crippen LogP contribution is 2.21. The van der Waals surface area contributed by atoms with Crippen molar-refractivity contribution in [3.63, 3.8) is 0 Å². The molecule has 2 aromatic rings. The van der Waals surface area contributed by atoms with Gasteiger partial charge >= 0.3 is 0 Å². The second-order valence-corrected chi connectivity index (χ2v) is 4.80. The van der Waals surface area contributed by atoms with Crippen LogP contribution in [0.2, 0.25) is 5.02 Å². The molecule has 94 valence electrons. The molecule has 0 aliphatic carbocycles. The molecule has 1 heterocycles. The predicted molar refractivity (Wildman–Crippen MR) is 73.3 cm³/mol. The summed E-state index contributed by atoms with van der Waals surface area (Å²) in [6, 6.07) is 8.39. The molecule has 1 N–H and O–H groups in total. The average molecular weight is 282 g/mol. The van der Waals surface area contributed by atoms with Gasteiger partial charge in [0.25, 0.3) is 5.91 Å². The van der Waals surface area contributed by atoms with E-state index >= 15 is 0 Å². The van der Waals surface area contributed by atoms with E-state index in [0.717, 1.165) is 0 Å². The van der Waals surface area contributed by atoms with E-state index < -0.39 is 0 Å². The van der Waals surface area contributed by atoms with Crippen LogP contribution < -0.4 is 5.32 Å². The molecule has 0 spiro atoms. The lowest BCUT2D eigenvalue weighted by molar-refractivity contribution is 0.0935. The van der Waals surface area contributed by atoms with Crippen LogP contribution in [0.5, 0.6) is 0 Å². The van der Waals surface area contributed by atoms with Gasteiger partial charge in [-0.15, -0.1) is 12.6 Å². The third kappa shape index (κ3) is 2.89. The Labute approximate surface area is 116 Å². The zero-order chi connectivity index (χ0) is 13.1. The minimum Gasteiger partial charge on any atom is -0.467 e. The highest BCUT2D eigenvalue weighted by molar-refractivity contribution is 7.80. The number of furan rings is 1. The zero-order valence-corrected chi connectivity index (χ0v) is 11.3. The summed E-state index contributed by atoms with van der Waals surface area (Å²) in [4.78, 5) is 12.7. The quantitative estimate of drug-likeness (QED) is 0.842. The van der Waals surface area contributed by atoms with Crippen LogP contribution >= 0.6 is 24.2 Å². The van der Waals surface area contributed by atoms with Gasteiger partial charge in [0.1, 0.15) is 5.76 Å². The third-order valence-corrected chi connectivity index (χ3v) is 3.12. The van der Waals surface area contributed by atoms with Crippen molar-refractivity contribution < 1.29 is 9.21 Å². The standard InChI is InChI=1S/C13H12ClNO2S/c1-8(12-3-2-6-17-12)15-13(16)10-7-9(18)4-5-11(10)14/h2-8,18H,1H3,(H,15,16). The summed E-state index contributed by atoms with van der Waals surface area (Å²) in [7, 11) is 0. The van der Waals surface area contributed by atoms with E-state index in [0.29, 0.717) is 21.2 Å². The number of nitrogens with one attached hydrogen (secondary N) is 1. The first-order chi connectivity index (χ1) is 8.58. The number of hydrogen-bond donors (Lipinski definition) is 2. The van der Waals surface area contributed by atoms with Gasteiger partial charge in [-0.05, 0) is 37.3 Å². The fraction of sp³-hybridized carbons (Fsp3) is 0.154. The van der Waals surface area contributed by atoms with E-state index in [9.17, 15) is 4.79 Å². The van der Waals surface area contributed by atoms with E-state index in [2.05, 4.69) is 17.9 Å². The van der Waals surface area contributed by atoms with Crippen LogP contribution in [0.1, 0.15) is 29.1 Å². The first kappa shape index (κ1) is 13.1. The lowest BCUT2D eigenvalue weighted by atomic mass is 10.2. The minimum absolute atomic E-state index is 0.216. The number of halogens is 1. The van der Waals surface area contributed by atoms with Crippen molar-refractivity contribution in [3.05, 3.63) is 52.9 Å². The van der Waals surface area contributed by atoms with Crippen LogP contribution in [-0.4, -0.2) is 5.91 Å². The third-order valence-electron chi connectivity index (χ3n) is 2.51. The Morgan fingerprint density at radius 1 is 1.44 bits per heavy atom. The molecule has 18 heavy (non-hydrogen) atoms. The smallest absolute Gasteiger partial charge is 0.253 e. The Morgan fingerprint density at radius 3 is 2.89 bits per heavy atom. The zero-order valence-electron chi connectivity index (χ0n) is 9.68. The molecule has 0 aliphatic rings. The number of thiol groups is 1. The number of benzene rings is 1. The van der Waals surface area contributed by atoms with Crippen LogP contribution in [0.15, 0.2) is 45.9 Å². The highest BCUT2D eigenvalue weighted by atomic mass is 35.5. The lowest BCUT2D eigenvalue weighted by Gasteiger charge is -2.12. The van der Waals surface area contributed by atoms with Gasteiger partial charge in [0.2, 0.25) is 0 Å². The molecule has 0 bridgehead atoms. The fourth-order valence-corrected chi connectivity index (χ4v) is 1.98. The molecule has 0 radical (unpaired) electrons. The van der Waals surface area contributed by atoms with E-state index in [4.69, 9.17) is 16.0 Å². The summed E-state index contributed by atoms with van der Waals surface area (Å²) >= 11 is 10.2. The number of amides is 1. The number of carbonyl (C=O) groups is 1. The van der Waals surface area contributed by atoms with Gasteiger partial charge in [0.05, 0.1) is 22.9 Å².